The zero-order chi connectivity index (χ0) is 31.6. The molecule has 16 nitrogen and oxygen atoms in total. The predicted octanol–water partition coefficient (Wildman–Crippen LogP) is -0.627. The molecule has 0 aliphatic carbocycles. The molecule has 4 aromatic rings. The van der Waals surface area contributed by atoms with Gasteiger partial charge in [0.05, 0.1) is 18.7 Å². The molecule has 0 fully saturated rings. The van der Waals surface area contributed by atoms with Crippen molar-refractivity contribution in [2.24, 2.45) is 5.73 Å². The number of fused-ring (bicyclic) bond motifs is 1. The summed E-state index contributed by atoms with van der Waals surface area (Å²) in [5, 5.41) is 27.3. The quantitative estimate of drug-likeness (QED) is 0.0779. The Bertz CT molecular complexity index is 1580. The summed E-state index contributed by atoms with van der Waals surface area (Å²) in [6, 6.07) is 2.32. The number of imidazole rings is 2. The highest BCUT2D eigenvalue weighted by Crippen LogP contribution is 2.19. The lowest BCUT2D eigenvalue weighted by atomic mass is 10.0. The van der Waals surface area contributed by atoms with E-state index in [4.69, 9.17) is 10.8 Å². The van der Waals surface area contributed by atoms with Gasteiger partial charge >= 0.3 is 11.9 Å². The van der Waals surface area contributed by atoms with Gasteiger partial charge in [-0.2, -0.15) is 0 Å². The van der Waals surface area contributed by atoms with E-state index in [-0.39, 0.29) is 32.1 Å². The number of aromatic nitrogens is 5. The van der Waals surface area contributed by atoms with Crippen molar-refractivity contribution in [1.29, 1.82) is 0 Å². The average Bonchev–Trinajstić information content (AvgIpc) is 3.78. The number of benzene rings is 1. The Morgan fingerprint density at radius 2 is 1.34 bits per heavy atom. The van der Waals surface area contributed by atoms with Crippen molar-refractivity contribution in [1.82, 2.24) is 40.9 Å². The number of hydrogen-bond acceptors (Lipinski definition) is 8. The lowest BCUT2D eigenvalue weighted by molar-refractivity contribution is -0.142. The first-order valence-electron chi connectivity index (χ1n) is 13.7. The van der Waals surface area contributed by atoms with E-state index in [1.165, 1.54) is 25.0 Å². The van der Waals surface area contributed by atoms with Crippen LogP contribution in [0, 0.1) is 0 Å². The van der Waals surface area contributed by atoms with Gasteiger partial charge < -0.3 is 46.8 Å². The monoisotopic (exact) mass is 607 g/mol. The van der Waals surface area contributed by atoms with E-state index in [0.29, 0.717) is 17.0 Å². The van der Waals surface area contributed by atoms with Gasteiger partial charge in [-0.3, -0.25) is 19.2 Å². The Hall–Kier alpha value is -5.51. The van der Waals surface area contributed by atoms with E-state index >= 15 is 0 Å². The van der Waals surface area contributed by atoms with Gasteiger partial charge in [0, 0.05) is 66.6 Å². The highest BCUT2D eigenvalue weighted by molar-refractivity contribution is 5.94. The molecule has 0 aliphatic heterocycles. The van der Waals surface area contributed by atoms with Gasteiger partial charge in [0.25, 0.3) is 0 Å². The molecule has 4 unspecified atom stereocenters. The number of aliphatic carboxylic acids is 2. The number of carbonyl (C=O) groups excluding carboxylic acids is 3. The van der Waals surface area contributed by atoms with Crippen LogP contribution in [0.3, 0.4) is 0 Å². The summed E-state index contributed by atoms with van der Waals surface area (Å²) >= 11 is 0. The molecular formula is C28H33N9O7. The zero-order valence-corrected chi connectivity index (χ0v) is 23.4. The maximum Gasteiger partial charge on any atom is 0.326 e. The van der Waals surface area contributed by atoms with E-state index in [9.17, 15) is 29.1 Å². The molecule has 3 amide bonds. The summed E-state index contributed by atoms with van der Waals surface area (Å²) < 4.78 is 0. The molecule has 4 atom stereocenters. The summed E-state index contributed by atoms with van der Waals surface area (Å²) in [5.41, 5.74) is 8.31. The van der Waals surface area contributed by atoms with Crippen molar-refractivity contribution in [3.8, 4) is 0 Å². The molecule has 16 heteroatoms. The number of amides is 3. The molecule has 0 saturated carbocycles. The molecule has 3 heterocycles. The molecule has 1 aromatic carbocycles. The fraction of sp³-hybridized carbons (Fsp3) is 0.321. The van der Waals surface area contributed by atoms with E-state index in [2.05, 4.69) is 40.9 Å². The number of hydrogen-bond donors (Lipinski definition) is 9. The van der Waals surface area contributed by atoms with Crippen LogP contribution in [0.1, 0.15) is 29.8 Å². The van der Waals surface area contributed by atoms with Crippen LogP contribution in [0.2, 0.25) is 0 Å². The minimum absolute atomic E-state index is 0.0252. The second-order valence-electron chi connectivity index (χ2n) is 10.2. The van der Waals surface area contributed by atoms with E-state index in [1.807, 2.05) is 24.3 Å². The second-order valence-corrected chi connectivity index (χ2v) is 10.2. The SMILES string of the molecule is NC(CCC(=O)O)C(=O)NC(Cc1cnc[nH]1)C(=O)NC(Cc1cnc[nH]1)C(=O)NC(Cc1c[nH]c2ccccc12)C(=O)O. The first-order chi connectivity index (χ1) is 21.1. The first-order valence-corrected chi connectivity index (χ1v) is 13.7. The van der Waals surface area contributed by atoms with Crippen LogP contribution >= 0.6 is 0 Å². The molecule has 4 rings (SSSR count). The first kappa shape index (κ1) is 31.4. The van der Waals surface area contributed by atoms with Crippen LogP contribution in [0.4, 0.5) is 0 Å². The van der Waals surface area contributed by atoms with Gasteiger partial charge in [0.1, 0.15) is 18.1 Å². The molecule has 0 bridgehead atoms. The van der Waals surface area contributed by atoms with Gasteiger partial charge in [-0.1, -0.05) is 18.2 Å². The summed E-state index contributed by atoms with van der Waals surface area (Å²) in [7, 11) is 0. The summed E-state index contributed by atoms with van der Waals surface area (Å²) in [6.07, 6.45) is 6.72. The average molecular weight is 608 g/mol. The number of rotatable bonds is 16. The largest absolute Gasteiger partial charge is 0.481 e. The zero-order valence-electron chi connectivity index (χ0n) is 23.4. The molecule has 0 spiro atoms. The van der Waals surface area contributed by atoms with Gasteiger partial charge in [0.15, 0.2) is 0 Å². The van der Waals surface area contributed by atoms with Gasteiger partial charge in [-0.05, 0) is 18.1 Å². The number of carboxylic acid groups (broad SMARTS) is 2. The van der Waals surface area contributed by atoms with Crippen molar-refractivity contribution < 1.29 is 34.2 Å². The number of aromatic amines is 3. The van der Waals surface area contributed by atoms with Crippen molar-refractivity contribution in [2.45, 2.75) is 56.3 Å². The van der Waals surface area contributed by atoms with Crippen LogP contribution in [0.5, 0.6) is 0 Å². The van der Waals surface area contributed by atoms with Gasteiger partial charge in [-0.25, -0.2) is 14.8 Å². The Morgan fingerprint density at radius 1 is 0.773 bits per heavy atom. The van der Waals surface area contributed by atoms with E-state index < -0.39 is 53.8 Å². The predicted molar refractivity (Wildman–Crippen MR) is 155 cm³/mol. The molecular weight excluding hydrogens is 574 g/mol. The van der Waals surface area contributed by atoms with Crippen molar-refractivity contribution in [3.05, 3.63) is 72.5 Å². The number of nitrogens with two attached hydrogens (primary N) is 1. The minimum Gasteiger partial charge on any atom is -0.481 e. The molecule has 3 aromatic heterocycles. The fourth-order valence-corrected chi connectivity index (χ4v) is 4.60. The summed E-state index contributed by atoms with van der Waals surface area (Å²) in [4.78, 5) is 79.5. The molecule has 0 aliphatic rings. The smallest absolute Gasteiger partial charge is 0.326 e. The number of nitrogens with one attached hydrogen (secondary N) is 6. The maximum absolute atomic E-state index is 13.5. The highest BCUT2D eigenvalue weighted by atomic mass is 16.4. The molecule has 44 heavy (non-hydrogen) atoms. The Morgan fingerprint density at radius 3 is 1.89 bits per heavy atom. The van der Waals surface area contributed by atoms with E-state index in [0.717, 1.165) is 10.9 Å². The number of para-hydroxylation sites is 1. The Labute approximate surface area is 250 Å². The van der Waals surface area contributed by atoms with Crippen molar-refractivity contribution >= 4 is 40.6 Å². The fourth-order valence-electron chi connectivity index (χ4n) is 4.60. The van der Waals surface area contributed by atoms with Crippen LogP contribution in [0.15, 0.2) is 55.5 Å². The number of carbonyl (C=O) groups is 5. The van der Waals surface area contributed by atoms with Gasteiger partial charge in [0.2, 0.25) is 17.7 Å². The molecule has 0 saturated heterocycles. The van der Waals surface area contributed by atoms with Crippen molar-refractivity contribution in [3.63, 3.8) is 0 Å². The van der Waals surface area contributed by atoms with Crippen LogP contribution in [-0.2, 0) is 43.2 Å². The minimum atomic E-state index is -1.32. The number of H-pyrrole nitrogens is 3. The van der Waals surface area contributed by atoms with Gasteiger partial charge in [-0.15, -0.1) is 0 Å². The standard InChI is InChI=1S/C28H33N9O7/c29-19(5-6-24(38)39)25(40)35-21(8-16-11-30-13-33-16)26(41)36-22(9-17-12-31-14-34-17)27(42)37-23(28(43)44)7-15-10-32-20-4-2-1-3-18(15)20/h1-4,10-14,19,21-23,32H,5-9,29H2,(H,30,33)(H,31,34)(H,35,40)(H,36,41)(H,37,42)(H,38,39)(H,43,44). The normalized spacial score (nSPS) is 13.8. The van der Waals surface area contributed by atoms with E-state index in [1.54, 1.807) is 6.20 Å². The third-order valence-corrected chi connectivity index (χ3v) is 6.94. The third-order valence-electron chi connectivity index (χ3n) is 6.94. The Balaban J connectivity index is 1.51. The third kappa shape index (κ3) is 8.51. The topological polar surface area (TPSA) is 261 Å². The molecule has 0 radical (unpaired) electrons. The molecule has 232 valence electrons. The van der Waals surface area contributed by atoms with Crippen molar-refractivity contribution in [2.75, 3.05) is 0 Å². The lowest BCUT2D eigenvalue weighted by Gasteiger charge is -2.25. The Kier molecular flexibility index (Phi) is 10.4. The number of carboxylic acids is 2. The second kappa shape index (κ2) is 14.6. The summed E-state index contributed by atoms with van der Waals surface area (Å²) in [5.74, 6) is -4.69. The molecule has 10 N–H and O–H groups in total. The maximum atomic E-state index is 13.5. The highest BCUT2D eigenvalue weighted by Gasteiger charge is 2.31. The summed E-state index contributed by atoms with van der Waals surface area (Å²) in [6.45, 7) is 0. The van der Waals surface area contributed by atoms with Crippen LogP contribution in [0.25, 0.3) is 10.9 Å². The van der Waals surface area contributed by atoms with Crippen LogP contribution < -0.4 is 21.7 Å². The van der Waals surface area contributed by atoms with Crippen LogP contribution in [-0.4, -0.2) is 89.0 Å². The number of nitrogens with zero attached hydrogens (tertiary/aromatic N) is 2. The lowest BCUT2D eigenvalue weighted by Crippen LogP contribution is -2.58.